The van der Waals surface area contributed by atoms with Crippen LogP contribution in [0.2, 0.25) is 5.02 Å². The third-order valence-corrected chi connectivity index (χ3v) is 4.91. The molecule has 0 atom stereocenters. The van der Waals surface area contributed by atoms with Gasteiger partial charge in [0.05, 0.1) is 16.4 Å². The molecule has 1 saturated heterocycles. The minimum absolute atomic E-state index is 0.0630. The lowest BCUT2D eigenvalue weighted by atomic mass is 10.1. The number of nitro groups is 1. The van der Waals surface area contributed by atoms with Gasteiger partial charge in [-0.1, -0.05) is 17.7 Å². The number of nitrogens with zero attached hydrogens (tertiary/aromatic N) is 2. The molecule has 0 unspecified atom stereocenters. The van der Waals surface area contributed by atoms with Crippen LogP contribution in [0.1, 0.15) is 11.1 Å². The average Bonchev–Trinajstić information content (AvgIpc) is 2.85. The summed E-state index contributed by atoms with van der Waals surface area (Å²) in [6, 6.07) is 9.66. The fourth-order valence-corrected chi connectivity index (χ4v) is 3.38. The van der Waals surface area contributed by atoms with Crippen LogP contribution in [-0.2, 0) is 11.3 Å². The number of rotatable bonds is 4. The molecule has 6 nitrogen and oxygen atoms in total. The second kappa shape index (κ2) is 7.27. The monoisotopic (exact) mass is 392 g/mol. The first-order chi connectivity index (χ1) is 12.4. The van der Waals surface area contributed by atoms with Crippen molar-refractivity contribution in [1.29, 1.82) is 0 Å². The Bertz CT molecular complexity index is 926. The molecule has 0 bridgehead atoms. The molecular formula is C17H10ClFN2O4S. The van der Waals surface area contributed by atoms with Gasteiger partial charge in [0, 0.05) is 22.7 Å². The number of benzene rings is 2. The molecule has 132 valence electrons. The second-order valence-corrected chi connectivity index (χ2v) is 6.72. The highest BCUT2D eigenvalue weighted by molar-refractivity contribution is 8.18. The van der Waals surface area contributed by atoms with E-state index in [1.165, 1.54) is 48.5 Å². The van der Waals surface area contributed by atoms with Crippen molar-refractivity contribution in [2.75, 3.05) is 0 Å². The molecule has 0 aliphatic carbocycles. The number of nitro benzene ring substituents is 1. The summed E-state index contributed by atoms with van der Waals surface area (Å²) in [6.45, 7) is -0.270. The molecule has 3 rings (SSSR count). The molecule has 26 heavy (non-hydrogen) atoms. The van der Waals surface area contributed by atoms with Crippen molar-refractivity contribution < 1.29 is 18.9 Å². The van der Waals surface area contributed by atoms with Gasteiger partial charge in [-0.05, 0) is 47.7 Å². The zero-order valence-electron chi connectivity index (χ0n) is 13.0. The van der Waals surface area contributed by atoms with E-state index in [1.54, 1.807) is 0 Å². The van der Waals surface area contributed by atoms with Crippen molar-refractivity contribution >= 4 is 46.3 Å². The topological polar surface area (TPSA) is 80.5 Å². The number of hydrogen-bond donors (Lipinski definition) is 0. The lowest BCUT2D eigenvalue weighted by Gasteiger charge is -2.14. The first-order valence-corrected chi connectivity index (χ1v) is 8.49. The van der Waals surface area contributed by atoms with Crippen molar-refractivity contribution in [1.82, 2.24) is 4.90 Å². The highest BCUT2D eigenvalue weighted by Crippen LogP contribution is 2.34. The van der Waals surface area contributed by atoms with Crippen LogP contribution >= 0.6 is 23.4 Å². The number of carbonyl (C=O) groups excluding carboxylic acids is 2. The van der Waals surface area contributed by atoms with Crippen LogP contribution in [0, 0.1) is 15.9 Å². The minimum Gasteiger partial charge on any atom is -0.268 e. The molecule has 9 heteroatoms. The Balaban J connectivity index is 1.83. The van der Waals surface area contributed by atoms with Gasteiger partial charge in [0.2, 0.25) is 0 Å². The zero-order chi connectivity index (χ0) is 18.8. The van der Waals surface area contributed by atoms with E-state index >= 15 is 0 Å². The lowest BCUT2D eigenvalue weighted by molar-refractivity contribution is -0.384. The Morgan fingerprint density at radius 2 is 1.88 bits per heavy atom. The van der Waals surface area contributed by atoms with E-state index in [1.807, 2.05) is 0 Å². The molecule has 0 radical (unpaired) electrons. The number of imide groups is 1. The number of carbonyl (C=O) groups is 2. The van der Waals surface area contributed by atoms with Gasteiger partial charge in [-0.3, -0.25) is 24.6 Å². The quantitative estimate of drug-likeness (QED) is 0.430. The molecule has 0 N–H and O–H groups in total. The molecule has 2 aromatic carbocycles. The minimum atomic E-state index is -0.601. The molecule has 0 spiro atoms. The predicted molar refractivity (Wildman–Crippen MR) is 96.0 cm³/mol. The van der Waals surface area contributed by atoms with E-state index in [2.05, 4.69) is 0 Å². The van der Waals surface area contributed by atoms with Crippen LogP contribution < -0.4 is 0 Å². The Morgan fingerprint density at radius 3 is 2.50 bits per heavy atom. The fraction of sp³-hybridized carbons (Fsp3) is 0.0588. The van der Waals surface area contributed by atoms with E-state index in [-0.39, 0.29) is 27.7 Å². The summed E-state index contributed by atoms with van der Waals surface area (Å²) < 4.78 is 13.9. The van der Waals surface area contributed by atoms with Crippen molar-refractivity contribution in [3.8, 4) is 0 Å². The molecule has 1 aliphatic heterocycles. The van der Waals surface area contributed by atoms with Gasteiger partial charge in [-0.25, -0.2) is 4.39 Å². The van der Waals surface area contributed by atoms with Gasteiger partial charge in [-0.15, -0.1) is 0 Å². The molecule has 1 fully saturated rings. The summed E-state index contributed by atoms with van der Waals surface area (Å²) in [6.07, 6.45) is 1.46. The van der Waals surface area contributed by atoms with Gasteiger partial charge < -0.3 is 0 Å². The van der Waals surface area contributed by atoms with Crippen LogP contribution in [0.25, 0.3) is 6.08 Å². The Morgan fingerprint density at radius 1 is 1.19 bits per heavy atom. The third kappa shape index (κ3) is 3.61. The second-order valence-electron chi connectivity index (χ2n) is 5.32. The largest absolute Gasteiger partial charge is 0.293 e. The Kier molecular flexibility index (Phi) is 5.06. The first-order valence-electron chi connectivity index (χ1n) is 7.29. The highest BCUT2D eigenvalue weighted by atomic mass is 35.5. The number of hydrogen-bond acceptors (Lipinski definition) is 5. The molecule has 0 aromatic heterocycles. The molecule has 2 aromatic rings. The van der Waals surface area contributed by atoms with Gasteiger partial charge in [0.1, 0.15) is 5.82 Å². The molecule has 2 amide bonds. The third-order valence-electron chi connectivity index (χ3n) is 3.65. The highest BCUT2D eigenvalue weighted by Gasteiger charge is 2.35. The maximum atomic E-state index is 13.9. The van der Waals surface area contributed by atoms with Crippen molar-refractivity contribution in [2.24, 2.45) is 0 Å². The first kappa shape index (κ1) is 18.1. The van der Waals surface area contributed by atoms with Gasteiger partial charge >= 0.3 is 0 Å². The lowest BCUT2D eigenvalue weighted by Crippen LogP contribution is -2.28. The summed E-state index contributed by atoms with van der Waals surface area (Å²) in [4.78, 5) is 35.8. The van der Waals surface area contributed by atoms with Crippen LogP contribution in [0.15, 0.2) is 47.4 Å². The summed E-state index contributed by atoms with van der Waals surface area (Å²) >= 11 is 6.66. The van der Waals surface area contributed by atoms with E-state index in [0.29, 0.717) is 5.56 Å². The van der Waals surface area contributed by atoms with Gasteiger partial charge in [0.25, 0.3) is 16.8 Å². The smallest absolute Gasteiger partial charge is 0.268 e. The van der Waals surface area contributed by atoms with Crippen LogP contribution in [0.4, 0.5) is 14.9 Å². The summed E-state index contributed by atoms with van der Waals surface area (Å²) in [5.41, 5.74) is 0.516. The number of halogens is 2. The van der Waals surface area contributed by atoms with Crippen LogP contribution in [0.5, 0.6) is 0 Å². The zero-order valence-corrected chi connectivity index (χ0v) is 14.6. The summed E-state index contributed by atoms with van der Waals surface area (Å²) in [7, 11) is 0. The number of thioether (sulfide) groups is 1. The van der Waals surface area contributed by atoms with E-state index in [9.17, 15) is 24.1 Å². The fourth-order valence-electron chi connectivity index (χ4n) is 2.32. The van der Waals surface area contributed by atoms with Gasteiger partial charge in [0.15, 0.2) is 0 Å². The van der Waals surface area contributed by atoms with Gasteiger partial charge in [-0.2, -0.15) is 0 Å². The van der Waals surface area contributed by atoms with Crippen LogP contribution in [-0.4, -0.2) is 21.0 Å². The van der Waals surface area contributed by atoms with Crippen molar-refractivity contribution in [3.05, 3.63) is 79.5 Å². The van der Waals surface area contributed by atoms with Crippen LogP contribution in [0.3, 0.4) is 0 Å². The van der Waals surface area contributed by atoms with Crippen molar-refractivity contribution in [3.63, 3.8) is 0 Å². The summed E-state index contributed by atoms with van der Waals surface area (Å²) in [5, 5.41) is 10.3. The van der Waals surface area contributed by atoms with E-state index < -0.39 is 21.9 Å². The maximum Gasteiger partial charge on any atom is 0.293 e. The molecular weight excluding hydrogens is 383 g/mol. The van der Waals surface area contributed by atoms with E-state index in [4.69, 9.17) is 11.6 Å². The van der Waals surface area contributed by atoms with E-state index in [0.717, 1.165) is 16.7 Å². The maximum absolute atomic E-state index is 13.9. The average molecular weight is 393 g/mol. The predicted octanol–water partition coefficient (Wildman–Crippen LogP) is 4.62. The van der Waals surface area contributed by atoms with Crippen molar-refractivity contribution in [2.45, 2.75) is 6.54 Å². The molecule has 1 heterocycles. The summed E-state index contributed by atoms with van der Waals surface area (Å²) in [5.74, 6) is -1.17. The standard InChI is InChI=1S/C17H10ClFN2O4S/c18-13-2-1-3-14(19)12(13)9-20-16(22)15(26-17(20)23)8-10-4-6-11(7-5-10)21(24)25/h1-8H,9H2/b15-8+. The normalized spacial score (nSPS) is 15.8. The molecule has 0 saturated carbocycles. The number of non-ortho nitro benzene ring substituents is 1. The number of amides is 2. The Labute approximate surface area is 156 Å². The Hall–Kier alpha value is -2.71. The SMILES string of the molecule is O=C1S/C(=C/c2ccc([N+](=O)[O-])cc2)C(=O)N1Cc1c(F)cccc1Cl. The molecule has 1 aliphatic rings.